The van der Waals surface area contributed by atoms with Crippen molar-refractivity contribution in [3.8, 4) is 0 Å². The van der Waals surface area contributed by atoms with Crippen LogP contribution in [-0.2, 0) is 6.42 Å². The summed E-state index contributed by atoms with van der Waals surface area (Å²) in [6.45, 7) is 0. The standard InChI is InChI=1S/C10H9ClN2O/c11-6-5-9-7-3-1-2-4-8(7)12-10(14)13-9/h1-4H,5-6H2,(H,12,13,14). The Labute approximate surface area is 85.7 Å². The summed E-state index contributed by atoms with van der Waals surface area (Å²) in [6, 6.07) is 7.53. The van der Waals surface area contributed by atoms with Crippen molar-refractivity contribution in [3.05, 3.63) is 40.4 Å². The third kappa shape index (κ3) is 1.63. The van der Waals surface area contributed by atoms with Crippen LogP contribution in [0.3, 0.4) is 0 Å². The lowest BCUT2D eigenvalue weighted by Gasteiger charge is -2.02. The van der Waals surface area contributed by atoms with Gasteiger partial charge in [-0.15, -0.1) is 11.6 Å². The summed E-state index contributed by atoms with van der Waals surface area (Å²) in [5.74, 6) is 0.490. The average Bonchev–Trinajstić information content (AvgIpc) is 2.18. The average molecular weight is 209 g/mol. The highest BCUT2D eigenvalue weighted by Crippen LogP contribution is 2.13. The monoisotopic (exact) mass is 208 g/mol. The van der Waals surface area contributed by atoms with Gasteiger partial charge in [0.15, 0.2) is 0 Å². The lowest BCUT2D eigenvalue weighted by Crippen LogP contribution is -2.13. The van der Waals surface area contributed by atoms with E-state index in [2.05, 4.69) is 9.97 Å². The van der Waals surface area contributed by atoms with E-state index in [1.165, 1.54) is 0 Å². The SMILES string of the molecule is O=c1nc2ccccc2c(CCCl)[nH]1. The van der Waals surface area contributed by atoms with Gasteiger partial charge in [-0.2, -0.15) is 4.98 Å². The Morgan fingerprint density at radius 1 is 1.36 bits per heavy atom. The number of nitrogens with zero attached hydrogens (tertiary/aromatic N) is 1. The van der Waals surface area contributed by atoms with Gasteiger partial charge in [0.2, 0.25) is 0 Å². The number of H-pyrrole nitrogens is 1. The van der Waals surface area contributed by atoms with Crippen LogP contribution in [-0.4, -0.2) is 15.8 Å². The number of hydrogen-bond donors (Lipinski definition) is 1. The van der Waals surface area contributed by atoms with E-state index >= 15 is 0 Å². The van der Waals surface area contributed by atoms with Crippen LogP contribution < -0.4 is 5.69 Å². The van der Waals surface area contributed by atoms with Gasteiger partial charge >= 0.3 is 5.69 Å². The van der Waals surface area contributed by atoms with Crippen LogP contribution in [0, 0.1) is 0 Å². The second-order valence-electron chi connectivity index (χ2n) is 2.98. The van der Waals surface area contributed by atoms with E-state index in [9.17, 15) is 4.79 Å². The number of halogens is 1. The lowest BCUT2D eigenvalue weighted by molar-refractivity contribution is 0.994. The van der Waals surface area contributed by atoms with E-state index in [0.717, 1.165) is 16.6 Å². The molecule has 0 radical (unpaired) electrons. The topological polar surface area (TPSA) is 45.8 Å². The Kier molecular flexibility index (Phi) is 2.50. The minimum Gasteiger partial charge on any atom is -0.309 e. The van der Waals surface area contributed by atoms with Gasteiger partial charge in [0.05, 0.1) is 5.52 Å². The molecule has 72 valence electrons. The number of aryl methyl sites for hydroxylation is 1. The molecule has 1 heterocycles. The number of alkyl halides is 1. The molecule has 1 aromatic heterocycles. The lowest BCUT2D eigenvalue weighted by atomic mass is 10.1. The summed E-state index contributed by atoms with van der Waals surface area (Å²) in [5, 5.41) is 0.966. The van der Waals surface area contributed by atoms with Crippen LogP contribution in [0.5, 0.6) is 0 Å². The van der Waals surface area contributed by atoms with Crippen molar-refractivity contribution in [3.63, 3.8) is 0 Å². The van der Waals surface area contributed by atoms with Gasteiger partial charge in [-0.05, 0) is 6.07 Å². The summed E-state index contributed by atoms with van der Waals surface area (Å²) < 4.78 is 0. The normalized spacial score (nSPS) is 10.6. The minimum absolute atomic E-state index is 0.316. The summed E-state index contributed by atoms with van der Waals surface area (Å²) >= 11 is 5.65. The molecular formula is C10H9ClN2O. The maximum absolute atomic E-state index is 11.2. The highest BCUT2D eigenvalue weighted by Gasteiger charge is 2.02. The zero-order chi connectivity index (χ0) is 9.97. The maximum Gasteiger partial charge on any atom is 0.345 e. The molecule has 0 aliphatic carbocycles. The quantitative estimate of drug-likeness (QED) is 0.764. The molecule has 0 aliphatic heterocycles. The number of aromatic amines is 1. The van der Waals surface area contributed by atoms with E-state index in [0.29, 0.717) is 12.3 Å². The minimum atomic E-state index is -0.316. The predicted octanol–water partition coefficient (Wildman–Crippen LogP) is 1.70. The van der Waals surface area contributed by atoms with E-state index in [4.69, 9.17) is 11.6 Å². The van der Waals surface area contributed by atoms with Crippen molar-refractivity contribution in [2.45, 2.75) is 6.42 Å². The predicted molar refractivity (Wildman–Crippen MR) is 56.8 cm³/mol. The first-order chi connectivity index (χ1) is 6.81. The van der Waals surface area contributed by atoms with Crippen molar-refractivity contribution in [2.24, 2.45) is 0 Å². The van der Waals surface area contributed by atoms with Gasteiger partial charge in [-0.1, -0.05) is 18.2 Å². The number of fused-ring (bicyclic) bond motifs is 1. The smallest absolute Gasteiger partial charge is 0.309 e. The van der Waals surface area contributed by atoms with Gasteiger partial charge in [0, 0.05) is 23.4 Å². The Balaban J connectivity index is 2.73. The van der Waals surface area contributed by atoms with E-state index in [-0.39, 0.29) is 5.69 Å². The van der Waals surface area contributed by atoms with E-state index < -0.39 is 0 Å². The first-order valence-corrected chi connectivity index (χ1v) is 4.88. The first kappa shape index (κ1) is 9.21. The first-order valence-electron chi connectivity index (χ1n) is 4.35. The number of para-hydroxylation sites is 1. The van der Waals surface area contributed by atoms with E-state index in [1.54, 1.807) is 0 Å². The molecule has 0 atom stereocenters. The fraction of sp³-hybridized carbons (Fsp3) is 0.200. The Hall–Kier alpha value is -1.35. The van der Waals surface area contributed by atoms with E-state index in [1.807, 2.05) is 24.3 Å². The van der Waals surface area contributed by atoms with Crippen molar-refractivity contribution in [1.82, 2.24) is 9.97 Å². The Bertz CT molecular complexity index is 507. The highest BCUT2D eigenvalue weighted by molar-refractivity contribution is 6.18. The van der Waals surface area contributed by atoms with Gasteiger partial charge < -0.3 is 4.98 Å². The zero-order valence-corrected chi connectivity index (χ0v) is 8.21. The number of hydrogen-bond acceptors (Lipinski definition) is 2. The third-order valence-electron chi connectivity index (χ3n) is 2.05. The largest absolute Gasteiger partial charge is 0.345 e. The van der Waals surface area contributed by atoms with Gasteiger partial charge in [-0.25, -0.2) is 4.79 Å². The molecule has 2 aromatic rings. The van der Waals surface area contributed by atoms with Gasteiger partial charge in [0.25, 0.3) is 0 Å². The van der Waals surface area contributed by atoms with Crippen LogP contribution in [0.2, 0.25) is 0 Å². The second-order valence-corrected chi connectivity index (χ2v) is 3.35. The molecule has 0 unspecified atom stereocenters. The molecule has 2 rings (SSSR count). The van der Waals surface area contributed by atoms with Gasteiger partial charge in [0.1, 0.15) is 0 Å². The number of benzene rings is 1. The van der Waals surface area contributed by atoms with Crippen molar-refractivity contribution < 1.29 is 0 Å². The molecule has 1 aromatic carbocycles. The van der Waals surface area contributed by atoms with Crippen molar-refractivity contribution >= 4 is 22.5 Å². The summed E-state index contributed by atoms with van der Waals surface area (Å²) in [5.41, 5.74) is 1.26. The third-order valence-corrected chi connectivity index (χ3v) is 2.24. The summed E-state index contributed by atoms with van der Waals surface area (Å²) in [4.78, 5) is 17.7. The molecule has 1 N–H and O–H groups in total. The van der Waals surface area contributed by atoms with Crippen LogP contribution >= 0.6 is 11.6 Å². The highest BCUT2D eigenvalue weighted by atomic mass is 35.5. The fourth-order valence-electron chi connectivity index (χ4n) is 1.45. The van der Waals surface area contributed by atoms with Crippen molar-refractivity contribution in [1.29, 1.82) is 0 Å². The molecule has 14 heavy (non-hydrogen) atoms. The second kappa shape index (κ2) is 3.80. The van der Waals surface area contributed by atoms with Crippen molar-refractivity contribution in [2.75, 3.05) is 5.88 Å². The number of aromatic nitrogens is 2. The zero-order valence-electron chi connectivity index (χ0n) is 7.46. The summed E-state index contributed by atoms with van der Waals surface area (Å²) in [6.07, 6.45) is 0.653. The molecule has 3 nitrogen and oxygen atoms in total. The molecule has 0 spiro atoms. The molecule has 0 aliphatic rings. The molecule has 0 saturated carbocycles. The van der Waals surface area contributed by atoms with Gasteiger partial charge in [-0.3, -0.25) is 0 Å². The Morgan fingerprint density at radius 2 is 2.14 bits per heavy atom. The van der Waals surface area contributed by atoms with Crippen LogP contribution in [0.1, 0.15) is 5.69 Å². The maximum atomic E-state index is 11.2. The number of rotatable bonds is 2. The van der Waals surface area contributed by atoms with Crippen LogP contribution in [0.25, 0.3) is 10.9 Å². The molecule has 0 fully saturated rings. The Morgan fingerprint density at radius 3 is 2.93 bits per heavy atom. The molecule has 0 amide bonds. The van der Waals surface area contributed by atoms with Crippen LogP contribution in [0.15, 0.2) is 29.1 Å². The molecule has 0 bridgehead atoms. The molecular weight excluding hydrogens is 200 g/mol. The number of nitrogens with one attached hydrogen (secondary N) is 1. The van der Waals surface area contributed by atoms with Crippen LogP contribution in [0.4, 0.5) is 0 Å². The fourth-order valence-corrected chi connectivity index (χ4v) is 1.64. The molecule has 0 saturated heterocycles. The molecule has 4 heteroatoms. The summed E-state index contributed by atoms with van der Waals surface area (Å²) in [7, 11) is 0.